The van der Waals surface area contributed by atoms with E-state index < -0.39 is 7.60 Å². The Bertz CT molecular complexity index is 439. The van der Waals surface area contributed by atoms with Crippen molar-refractivity contribution >= 4 is 36.1 Å². The van der Waals surface area contributed by atoms with E-state index >= 15 is 0 Å². The fourth-order valence-electron chi connectivity index (χ4n) is 1.12. The molecule has 0 unspecified atom stereocenters. The molecular formula is C9H9Cl2O3P. The van der Waals surface area contributed by atoms with Crippen molar-refractivity contribution < 1.29 is 14.4 Å². The molecule has 1 aromatic rings. The van der Waals surface area contributed by atoms with Crippen LogP contribution in [0.1, 0.15) is 5.56 Å². The molecule has 0 fully saturated rings. The molecule has 0 radical (unpaired) electrons. The number of rotatable bonds is 3. The highest BCUT2D eigenvalue weighted by molar-refractivity contribution is 7.60. The molecule has 6 heteroatoms. The van der Waals surface area contributed by atoms with E-state index in [-0.39, 0.29) is 15.3 Å². The molecule has 2 N–H and O–H groups in total. The molecule has 0 aliphatic carbocycles. The van der Waals surface area contributed by atoms with Crippen LogP contribution in [0.4, 0.5) is 0 Å². The van der Waals surface area contributed by atoms with E-state index in [9.17, 15) is 4.57 Å². The Balaban J connectivity index is 3.33. The third-order valence-corrected chi connectivity index (χ3v) is 3.87. The average molecular weight is 267 g/mol. The minimum absolute atomic E-state index is 0.0932. The van der Waals surface area contributed by atoms with Crippen LogP contribution in [-0.2, 0) is 11.0 Å². The van der Waals surface area contributed by atoms with Gasteiger partial charge in [-0.25, -0.2) is 0 Å². The maximum absolute atomic E-state index is 11.0. The van der Waals surface area contributed by atoms with Gasteiger partial charge in [-0.2, -0.15) is 0 Å². The van der Waals surface area contributed by atoms with Crippen molar-refractivity contribution in [2.45, 2.75) is 6.42 Å². The second-order valence-corrected chi connectivity index (χ2v) is 5.23. The maximum Gasteiger partial charge on any atom is 0.357 e. The van der Waals surface area contributed by atoms with Gasteiger partial charge in [0.2, 0.25) is 0 Å². The zero-order valence-corrected chi connectivity index (χ0v) is 10.1. The van der Waals surface area contributed by atoms with Gasteiger partial charge in [0.15, 0.2) is 0 Å². The summed E-state index contributed by atoms with van der Waals surface area (Å²) in [5.41, 5.74) is 0.689. The Kier molecular flexibility index (Phi) is 3.99. The van der Waals surface area contributed by atoms with Crippen LogP contribution in [0, 0.1) is 0 Å². The molecular weight excluding hydrogens is 258 g/mol. The first-order valence-electron chi connectivity index (χ1n) is 4.01. The molecule has 0 aliphatic heterocycles. The molecule has 0 spiro atoms. The molecule has 0 atom stereocenters. The minimum Gasteiger partial charge on any atom is -0.321 e. The Labute approximate surface area is 97.5 Å². The summed E-state index contributed by atoms with van der Waals surface area (Å²) in [7, 11) is -4.36. The standard InChI is InChI=1S/C9H9Cl2O3P/c1-2-3-6-4-5-7(15(12,13)14)9(11)8(6)10/h2,4-5H,1,3H2,(H2,12,13,14). The van der Waals surface area contributed by atoms with Gasteiger partial charge in [-0.05, 0) is 18.1 Å². The molecule has 1 aromatic carbocycles. The second-order valence-electron chi connectivity index (χ2n) is 2.91. The summed E-state index contributed by atoms with van der Waals surface area (Å²) in [5.74, 6) is 0. The van der Waals surface area contributed by atoms with Gasteiger partial charge in [0, 0.05) is 0 Å². The molecule has 0 aliphatic rings. The minimum atomic E-state index is -4.36. The van der Waals surface area contributed by atoms with Gasteiger partial charge < -0.3 is 9.79 Å². The van der Waals surface area contributed by atoms with Crippen molar-refractivity contribution in [3.8, 4) is 0 Å². The summed E-state index contributed by atoms with van der Waals surface area (Å²) in [5, 5.41) is -0.177. The molecule has 15 heavy (non-hydrogen) atoms. The highest BCUT2D eigenvalue weighted by atomic mass is 35.5. The second kappa shape index (κ2) is 4.69. The van der Waals surface area contributed by atoms with Crippen LogP contribution in [0.5, 0.6) is 0 Å². The van der Waals surface area contributed by atoms with Gasteiger partial charge in [0.05, 0.1) is 15.3 Å². The largest absolute Gasteiger partial charge is 0.357 e. The average Bonchev–Trinajstić information content (AvgIpc) is 2.11. The van der Waals surface area contributed by atoms with Crippen molar-refractivity contribution in [3.63, 3.8) is 0 Å². The van der Waals surface area contributed by atoms with Crippen LogP contribution in [-0.4, -0.2) is 9.79 Å². The van der Waals surface area contributed by atoms with Gasteiger partial charge in [-0.15, -0.1) is 6.58 Å². The molecule has 1 rings (SSSR count). The Morgan fingerprint density at radius 1 is 1.33 bits per heavy atom. The van der Waals surface area contributed by atoms with Crippen LogP contribution < -0.4 is 5.30 Å². The van der Waals surface area contributed by atoms with Crippen LogP contribution in [0.15, 0.2) is 24.8 Å². The first kappa shape index (κ1) is 12.8. The summed E-state index contributed by atoms with van der Waals surface area (Å²) >= 11 is 11.6. The lowest BCUT2D eigenvalue weighted by molar-refractivity contribution is 0.387. The Morgan fingerprint density at radius 3 is 2.40 bits per heavy atom. The van der Waals surface area contributed by atoms with E-state index in [2.05, 4.69) is 6.58 Å². The van der Waals surface area contributed by atoms with E-state index in [1.807, 2.05) is 0 Å². The normalized spacial score (nSPS) is 11.5. The summed E-state index contributed by atoms with van der Waals surface area (Å²) in [4.78, 5) is 17.9. The monoisotopic (exact) mass is 266 g/mol. The van der Waals surface area contributed by atoms with Gasteiger partial charge in [0.1, 0.15) is 0 Å². The number of hydrogen-bond donors (Lipinski definition) is 2. The predicted octanol–water partition coefficient (Wildman–Crippen LogP) is 2.52. The molecule has 0 saturated heterocycles. The topological polar surface area (TPSA) is 57.5 Å². The van der Waals surface area contributed by atoms with E-state index in [1.165, 1.54) is 12.1 Å². The van der Waals surface area contributed by atoms with Crippen molar-refractivity contribution in [2.24, 2.45) is 0 Å². The van der Waals surface area contributed by atoms with E-state index in [4.69, 9.17) is 33.0 Å². The lowest BCUT2D eigenvalue weighted by Crippen LogP contribution is -2.07. The van der Waals surface area contributed by atoms with Crippen LogP contribution in [0.2, 0.25) is 10.0 Å². The molecule has 0 amide bonds. The Hall–Kier alpha value is -0.310. The molecule has 0 heterocycles. The molecule has 0 aromatic heterocycles. The van der Waals surface area contributed by atoms with Gasteiger partial charge in [-0.3, -0.25) is 4.57 Å². The summed E-state index contributed by atoms with van der Waals surface area (Å²) in [6.07, 6.45) is 2.13. The van der Waals surface area contributed by atoms with Crippen LogP contribution in [0.25, 0.3) is 0 Å². The van der Waals surface area contributed by atoms with Crippen LogP contribution >= 0.6 is 30.8 Å². The van der Waals surface area contributed by atoms with Crippen molar-refractivity contribution in [3.05, 3.63) is 40.4 Å². The van der Waals surface area contributed by atoms with Crippen molar-refractivity contribution in [1.82, 2.24) is 0 Å². The molecule has 82 valence electrons. The van der Waals surface area contributed by atoms with Crippen molar-refractivity contribution in [1.29, 1.82) is 0 Å². The molecule has 0 bridgehead atoms. The highest BCUT2D eigenvalue weighted by Crippen LogP contribution is 2.39. The number of hydrogen-bond acceptors (Lipinski definition) is 1. The third kappa shape index (κ3) is 2.83. The van der Waals surface area contributed by atoms with Crippen molar-refractivity contribution in [2.75, 3.05) is 0 Å². The predicted molar refractivity (Wildman–Crippen MR) is 62.0 cm³/mol. The van der Waals surface area contributed by atoms with Gasteiger partial charge in [-0.1, -0.05) is 35.3 Å². The number of halogens is 2. The lowest BCUT2D eigenvalue weighted by Gasteiger charge is -2.10. The zero-order chi connectivity index (χ0) is 11.6. The lowest BCUT2D eigenvalue weighted by atomic mass is 10.1. The van der Waals surface area contributed by atoms with Crippen LogP contribution in [0.3, 0.4) is 0 Å². The fraction of sp³-hybridized carbons (Fsp3) is 0.111. The summed E-state index contributed by atoms with van der Waals surface area (Å²) in [6.45, 7) is 3.54. The number of allylic oxidation sites excluding steroid dienone is 1. The first-order chi connectivity index (χ1) is 6.88. The highest BCUT2D eigenvalue weighted by Gasteiger charge is 2.23. The SMILES string of the molecule is C=CCc1ccc(P(=O)(O)O)c(Cl)c1Cl. The van der Waals surface area contributed by atoms with E-state index in [1.54, 1.807) is 6.08 Å². The molecule has 0 saturated carbocycles. The fourth-order valence-corrected chi connectivity index (χ4v) is 2.58. The summed E-state index contributed by atoms with van der Waals surface area (Å²) < 4.78 is 11.0. The molecule has 3 nitrogen and oxygen atoms in total. The van der Waals surface area contributed by atoms with E-state index in [0.29, 0.717) is 12.0 Å². The zero-order valence-electron chi connectivity index (χ0n) is 7.65. The summed E-state index contributed by atoms with van der Waals surface area (Å²) in [6, 6.07) is 2.82. The smallest absolute Gasteiger partial charge is 0.321 e. The maximum atomic E-state index is 11.0. The number of benzene rings is 1. The third-order valence-electron chi connectivity index (χ3n) is 1.82. The van der Waals surface area contributed by atoms with Gasteiger partial charge in [0.25, 0.3) is 0 Å². The quantitative estimate of drug-likeness (QED) is 0.653. The van der Waals surface area contributed by atoms with E-state index in [0.717, 1.165) is 0 Å². The Morgan fingerprint density at radius 2 is 1.93 bits per heavy atom. The van der Waals surface area contributed by atoms with Gasteiger partial charge >= 0.3 is 7.60 Å². The first-order valence-corrected chi connectivity index (χ1v) is 6.38.